The number of urea groups is 1. The third-order valence-electron chi connectivity index (χ3n) is 4.41. The number of nitrogens with zero attached hydrogens (tertiary/aromatic N) is 3. The van der Waals surface area contributed by atoms with Gasteiger partial charge >= 0.3 is 6.03 Å². The summed E-state index contributed by atoms with van der Waals surface area (Å²) in [5.41, 5.74) is 1.98. The van der Waals surface area contributed by atoms with Crippen molar-refractivity contribution in [1.29, 1.82) is 0 Å². The fourth-order valence-corrected chi connectivity index (χ4v) is 2.94. The van der Waals surface area contributed by atoms with E-state index in [0.717, 1.165) is 24.0 Å². The van der Waals surface area contributed by atoms with Crippen LogP contribution in [0.25, 0.3) is 0 Å². The number of aromatic nitrogens is 2. The molecule has 7 nitrogen and oxygen atoms in total. The first-order chi connectivity index (χ1) is 12.6. The van der Waals surface area contributed by atoms with E-state index in [0.29, 0.717) is 25.5 Å². The number of aryl methyl sites for hydroxylation is 1. The van der Waals surface area contributed by atoms with Crippen molar-refractivity contribution in [2.24, 2.45) is 5.92 Å². The summed E-state index contributed by atoms with van der Waals surface area (Å²) in [6.45, 7) is 3.44. The second-order valence-corrected chi connectivity index (χ2v) is 6.52. The van der Waals surface area contributed by atoms with Crippen molar-refractivity contribution in [3.05, 3.63) is 54.0 Å². The third kappa shape index (κ3) is 4.78. The molecule has 1 aliphatic rings. The lowest BCUT2D eigenvalue weighted by Gasteiger charge is -2.32. The zero-order chi connectivity index (χ0) is 18.4. The van der Waals surface area contributed by atoms with E-state index in [4.69, 9.17) is 0 Å². The zero-order valence-corrected chi connectivity index (χ0v) is 14.8. The minimum atomic E-state index is -0.226. The molecule has 0 aromatic carbocycles. The standard InChI is InChI=1S/C19H23N5O2/c1-14-6-7-17(21-10-14)23-18(25)16-5-3-9-24(13-16)19(26)22-12-15-4-2-8-20-11-15/h2,4,6-8,10-11,16H,3,5,9,12-13H2,1H3,(H,22,26)(H,21,23,25)/t16-/m0/s1. The molecule has 2 aromatic heterocycles. The van der Waals surface area contributed by atoms with Crippen LogP contribution in [0.3, 0.4) is 0 Å². The Balaban J connectivity index is 1.52. The summed E-state index contributed by atoms with van der Waals surface area (Å²) in [5, 5.41) is 5.73. The van der Waals surface area contributed by atoms with E-state index in [-0.39, 0.29) is 17.9 Å². The molecule has 3 heterocycles. The first-order valence-corrected chi connectivity index (χ1v) is 8.77. The minimum absolute atomic E-state index is 0.0916. The number of anilines is 1. The first kappa shape index (κ1) is 17.8. The molecular weight excluding hydrogens is 330 g/mol. The van der Waals surface area contributed by atoms with Crippen LogP contribution in [0.15, 0.2) is 42.9 Å². The zero-order valence-electron chi connectivity index (χ0n) is 14.8. The molecule has 3 amide bonds. The second-order valence-electron chi connectivity index (χ2n) is 6.52. The van der Waals surface area contributed by atoms with Gasteiger partial charge in [0.1, 0.15) is 5.82 Å². The van der Waals surface area contributed by atoms with Gasteiger partial charge in [-0.1, -0.05) is 12.1 Å². The molecule has 0 saturated carbocycles. The smallest absolute Gasteiger partial charge is 0.317 e. The molecule has 0 radical (unpaired) electrons. The van der Waals surface area contributed by atoms with Crippen LogP contribution in [0, 0.1) is 12.8 Å². The lowest BCUT2D eigenvalue weighted by molar-refractivity contribution is -0.121. The first-order valence-electron chi connectivity index (χ1n) is 8.77. The third-order valence-corrected chi connectivity index (χ3v) is 4.41. The number of hydrogen-bond donors (Lipinski definition) is 2. The van der Waals surface area contributed by atoms with Crippen molar-refractivity contribution in [2.75, 3.05) is 18.4 Å². The highest BCUT2D eigenvalue weighted by molar-refractivity contribution is 5.92. The number of pyridine rings is 2. The predicted molar refractivity (Wildman–Crippen MR) is 98.4 cm³/mol. The molecular formula is C19H23N5O2. The largest absolute Gasteiger partial charge is 0.334 e. The summed E-state index contributed by atoms with van der Waals surface area (Å²) in [6, 6.07) is 7.28. The van der Waals surface area contributed by atoms with E-state index in [1.807, 2.05) is 25.1 Å². The maximum atomic E-state index is 12.5. The van der Waals surface area contributed by atoms with Gasteiger partial charge in [-0.25, -0.2) is 9.78 Å². The fraction of sp³-hybridized carbons (Fsp3) is 0.368. The minimum Gasteiger partial charge on any atom is -0.334 e. The van der Waals surface area contributed by atoms with E-state index in [1.54, 1.807) is 29.6 Å². The highest BCUT2D eigenvalue weighted by Gasteiger charge is 2.28. The lowest BCUT2D eigenvalue weighted by atomic mass is 9.97. The van der Waals surface area contributed by atoms with Gasteiger partial charge < -0.3 is 15.5 Å². The van der Waals surface area contributed by atoms with Crippen LogP contribution in [0.4, 0.5) is 10.6 Å². The molecule has 1 atom stereocenters. The summed E-state index contributed by atoms with van der Waals surface area (Å²) < 4.78 is 0. The Morgan fingerprint density at radius 2 is 2.15 bits per heavy atom. The molecule has 0 aliphatic carbocycles. The van der Waals surface area contributed by atoms with Crippen LogP contribution in [0.5, 0.6) is 0 Å². The number of carbonyl (C=O) groups is 2. The highest BCUT2D eigenvalue weighted by atomic mass is 16.2. The SMILES string of the molecule is Cc1ccc(NC(=O)[C@H]2CCCN(C(=O)NCc3cccnc3)C2)nc1. The van der Waals surface area contributed by atoms with Crippen molar-refractivity contribution in [3.63, 3.8) is 0 Å². The normalized spacial score (nSPS) is 16.8. The molecule has 1 aliphatic heterocycles. The molecule has 1 saturated heterocycles. The summed E-state index contributed by atoms with van der Waals surface area (Å²) in [6.07, 6.45) is 6.71. The topological polar surface area (TPSA) is 87.2 Å². The molecule has 0 spiro atoms. The maximum Gasteiger partial charge on any atom is 0.317 e. The molecule has 3 rings (SSSR count). The molecule has 2 N–H and O–H groups in total. The molecule has 26 heavy (non-hydrogen) atoms. The van der Waals surface area contributed by atoms with E-state index in [9.17, 15) is 9.59 Å². The highest BCUT2D eigenvalue weighted by Crippen LogP contribution is 2.18. The Labute approximate surface area is 152 Å². The average molecular weight is 353 g/mol. The molecule has 0 bridgehead atoms. The summed E-state index contributed by atoms with van der Waals surface area (Å²) in [7, 11) is 0. The van der Waals surface area contributed by atoms with Crippen molar-refractivity contribution >= 4 is 17.8 Å². The van der Waals surface area contributed by atoms with E-state index in [2.05, 4.69) is 20.6 Å². The molecule has 0 unspecified atom stereocenters. The van der Waals surface area contributed by atoms with Gasteiger partial charge in [-0.05, 0) is 43.0 Å². The van der Waals surface area contributed by atoms with Gasteiger partial charge in [0.05, 0.1) is 5.92 Å². The Morgan fingerprint density at radius 1 is 1.27 bits per heavy atom. The second kappa shape index (κ2) is 8.42. The molecule has 7 heteroatoms. The van der Waals surface area contributed by atoms with Gasteiger partial charge in [-0.2, -0.15) is 0 Å². The van der Waals surface area contributed by atoms with E-state index >= 15 is 0 Å². The number of piperidine rings is 1. The van der Waals surface area contributed by atoms with Crippen molar-refractivity contribution in [3.8, 4) is 0 Å². The van der Waals surface area contributed by atoms with Crippen LogP contribution >= 0.6 is 0 Å². The van der Waals surface area contributed by atoms with Gasteiger partial charge in [0.2, 0.25) is 5.91 Å². The van der Waals surface area contributed by atoms with Crippen LogP contribution in [0.1, 0.15) is 24.0 Å². The predicted octanol–water partition coefficient (Wildman–Crippen LogP) is 2.35. The van der Waals surface area contributed by atoms with Crippen LogP contribution < -0.4 is 10.6 Å². The Kier molecular flexibility index (Phi) is 5.78. The van der Waals surface area contributed by atoms with Crippen LogP contribution in [-0.2, 0) is 11.3 Å². The Hall–Kier alpha value is -2.96. The number of rotatable bonds is 4. The number of amides is 3. The molecule has 2 aromatic rings. The van der Waals surface area contributed by atoms with Crippen molar-refractivity contribution < 1.29 is 9.59 Å². The monoisotopic (exact) mass is 353 g/mol. The van der Waals surface area contributed by atoms with Crippen molar-refractivity contribution in [2.45, 2.75) is 26.3 Å². The summed E-state index contributed by atoms with van der Waals surface area (Å²) in [5.74, 6) is 0.223. The molecule has 1 fully saturated rings. The van der Waals surface area contributed by atoms with Gasteiger partial charge in [0, 0.05) is 38.2 Å². The van der Waals surface area contributed by atoms with Crippen molar-refractivity contribution in [1.82, 2.24) is 20.2 Å². The molecule has 136 valence electrons. The average Bonchev–Trinajstić information content (AvgIpc) is 2.69. The lowest BCUT2D eigenvalue weighted by Crippen LogP contribution is -2.47. The van der Waals surface area contributed by atoms with E-state index in [1.165, 1.54) is 0 Å². The van der Waals surface area contributed by atoms with Gasteiger partial charge in [0.25, 0.3) is 0 Å². The maximum absolute atomic E-state index is 12.5. The number of hydrogen-bond acceptors (Lipinski definition) is 4. The van der Waals surface area contributed by atoms with E-state index < -0.39 is 0 Å². The van der Waals surface area contributed by atoms with Crippen LogP contribution in [0.2, 0.25) is 0 Å². The summed E-state index contributed by atoms with van der Waals surface area (Å²) in [4.78, 5) is 34.8. The van der Waals surface area contributed by atoms with Gasteiger partial charge in [-0.3, -0.25) is 9.78 Å². The van der Waals surface area contributed by atoms with Gasteiger partial charge in [0.15, 0.2) is 0 Å². The number of likely N-dealkylation sites (tertiary alicyclic amines) is 1. The fourth-order valence-electron chi connectivity index (χ4n) is 2.94. The number of carbonyl (C=O) groups excluding carboxylic acids is 2. The van der Waals surface area contributed by atoms with Crippen LogP contribution in [-0.4, -0.2) is 39.9 Å². The van der Waals surface area contributed by atoms with Gasteiger partial charge in [-0.15, -0.1) is 0 Å². The Morgan fingerprint density at radius 3 is 2.88 bits per heavy atom. The summed E-state index contributed by atoms with van der Waals surface area (Å²) >= 11 is 0. The Bertz CT molecular complexity index is 748. The number of nitrogens with one attached hydrogen (secondary N) is 2. The quantitative estimate of drug-likeness (QED) is 0.883.